The molecule has 1 heterocycles. The van der Waals surface area contributed by atoms with Crippen LogP contribution in [-0.2, 0) is 0 Å². The number of unbranched alkanes of at least 4 members (excludes halogenated alkanes) is 4. The van der Waals surface area contributed by atoms with Crippen molar-refractivity contribution in [2.75, 3.05) is 0 Å². The minimum atomic E-state index is 0.0539. The highest BCUT2D eigenvalue weighted by Gasteiger charge is 2.23. The van der Waals surface area contributed by atoms with E-state index < -0.39 is 0 Å². The number of carbonyl (C=O) groups is 1. The van der Waals surface area contributed by atoms with Gasteiger partial charge in [0.25, 0.3) is 0 Å². The van der Waals surface area contributed by atoms with Gasteiger partial charge < -0.3 is 4.79 Å². The zero-order valence-corrected chi connectivity index (χ0v) is 23.5. The Labute approximate surface area is 221 Å². The second kappa shape index (κ2) is 15.1. The molecule has 0 unspecified atom stereocenters. The molecule has 0 aromatic heterocycles. The van der Waals surface area contributed by atoms with Crippen LogP contribution in [0.2, 0.25) is 0 Å². The number of allylic oxidation sites excluding steroid dienone is 4. The van der Waals surface area contributed by atoms with Gasteiger partial charge in [0.05, 0.1) is 0 Å². The lowest BCUT2D eigenvalue weighted by Crippen LogP contribution is -1.99. The van der Waals surface area contributed by atoms with Gasteiger partial charge in [0.1, 0.15) is 5.68 Å². The fourth-order valence-electron chi connectivity index (χ4n) is 3.82. The van der Waals surface area contributed by atoms with Crippen molar-refractivity contribution in [1.29, 1.82) is 0 Å². The molecule has 0 spiro atoms. The third-order valence-electron chi connectivity index (χ3n) is 6.07. The van der Waals surface area contributed by atoms with E-state index in [1.807, 2.05) is 45.9 Å². The predicted octanol–water partition coefficient (Wildman–Crippen LogP) is 10.3. The molecule has 3 rings (SSSR count). The summed E-state index contributed by atoms with van der Waals surface area (Å²) in [7, 11) is 1.58. The van der Waals surface area contributed by atoms with Crippen LogP contribution in [0.5, 0.6) is 0 Å². The first-order chi connectivity index (χ1) is 16.9. The third-order valence-corrected chi connectivity index (χ3v) is 6.07. The lowest BCUT2D eigenvalue weighted by molar-refractivity contribution is 0.108. The van der Waals surface area contributed by atoms with Gasteiger partial charge in [0, 0.05) is 5.56 Å². The highest BCUT2D eigenvalue weighted by atomic mass is 16.1. The van der Waals surface area contributed by atoms with Crippen molar-refractivity contribution in [2.24, 2.45) is 0 Å². The second-order valence-corrected chi connectivity index (χ2v) is 9.74. The number of rotatable bonds is 8. The number of hydrogen-bond donors (Lipinski definition) is 0. The van der Waals surface area contributed by atoms with Crippen LogP contribution in [0.3, 0.4) is 0 Å². The number of hydrogen-bond acceptors (Lipinski definition) is 1. The summed E-state index contributed by atoms with van der Waals surface area (Å²) in [5.41, 5.74) is 11.3. The van der Waals surface area contributed by atoms with Gasteiger partial charge in [-0.25, -0.2) is 0 Å². The van der Waals surface area contributed by atoms with Crippen LogP contribution >= 0.6 is 0 Å². The molecule has 2 aromatic carbocycles. The van der Waals surface area contributed by atoms with E-state index in [9.17, 15) is 4.79 Å². The number of fused-ring (bicyclic) bond motifs is 1. The average molecular weight is 480 g/mol. The molecule has 1 radical (unpaired) electrons. The lowest BCUT2D eigenvalue weighted by atomic mass is 9.70. The summed E-state index contributed by atoms with van der Waals surface area (Å²) >= 11 is 0. The maximum Gasteiger partial charge on any atom is 0.247 e. The molecule has 0 saturated heterocycles. The van der Waals surface area contributed by atoms with Crippen molar-refractivity contribution < 1.29 is 4.79 Å². The lowest BCUT2D eigenvalue weighted by Gasteiger charge is -2.11. The summed E-state index contributed by atoms with van der Waals surface area (Å²) in [4.78, 5) is 11.4. The van der Waals surface area contributed by atoms with E-state index in [0.717, 1.165) is 50.0 Å². The minimum Gasteiger partial charge on any atom is -0.306 e. The Balaban J connectivity index is 0.000000289. The molecule has 36 heavy (non-hydrogen) atoms. The maximum absolute atomic E-state index is 11.4. The second-order valence-electron chi connectivity index (χ2n) is 9.74. The van der Waals surface area contributed by atoms with Crippen molar-refractivity contribution in [3.8, 4) is 0 Å². The number of carbonyl (C=O) groups excluding carboxylic acids is 1. The molecule has 0 amide bonds. The Hall–Kier alpha value is -3.13. The van der Waals surface area contributed by atoms with Crippen molar-refractivity contribution in [1.82, 2.24) is 0 Å². The molecule has 0 saturated carbocycles. The van der Waals surface area contributed by atoms with Gasteiger partial charge in [-0.05, 0) is 67.6 Å². The van der Waals surface area contributed by atoms with E-state index in [4.69, 9.17) is 0 Å². The molecule has 2 aromatic rings. The summed E-state index contributed by atoms with van der Waals surface area (Å²) < 4.78 is 0. The van der Waals surface area contributed by atoms with Crippen molar-refractivity contribution in [3.63, 3.8) is 0 Å². The smallest absolute Gasteiger partial charge is 0.247 e. The topological polar surface area (TPSA) is 17.1 Å². The van der Waals surface area contributed by atoms with E-state index in [2.05, 4.69) is 64.9 Å². The monoisotopic (exact) mass is 479 g/mol. The van der Waals surface area contributed by atoms with Crippen LogP contribution in [0.15, 0.2) is 69.3 Å². The Morgan fingerprint density at radius 2 is 1.17 bits per heavy atom. The highest BCUT2D eigenvalue weighted by molar-refractivity contribution is 6.93. The van der Waals surface area contributed by atoms with Crippen LogP contribution < -0.4 is 0 Å². The molecule has 0 aliphatic carbocycles. The van der Waals surface area contributed by atoms with Crippen molar-refractivity contribution >= 4 is 40.7 Å². The molecule has 0 atom stereocenters. The van der Waals surface area contributed by atoms with E-state index in [1.54, 1.807) is 7.28 Å². The van der Waals surface area contributed by atoms with Crippen molar-refractivity contribution in [3.05, 3.63) is 103 Å². The summed E-state index contributed by atoms with van der Waals surface area (Å²) in [6.07, 6.45) is 7.01. The molecule has 1 aliphatic rings. The van der Waals surface area contributed by atoms with Crippen LogP contribution in [0.4, 0.5) is 0 Å². The Bertz CT molecular complexity index is 1140. The molecule has 2 heteroatoms. The first-order valence-electron chi connectivity index (χ1n) is 12.9. The van der Waals surface area contributed by atoms with Gasteiger partial charge in [-0.1, -0.05) is 124 Å². The molecule has 1 aliphatic heterocycles. The normalized spacial score (nSPS) is 11.3. The van der Waals surface area contributed by atoms with Crippen LogP contribution in [0, 0.1) is 0 Å². The average Bonchev–Trinajstić information content (AvgIpc) is 3.12. The Morgan fingerprint density at radius 1 is 0.667 bits per heavy atom. The minimum absolute atomic E-state index is 0.0539. The van der Waals surface area contributed by atoms with Gasteiger partial charge in [-0.2, -0.15) is 0 Å². The zero-order valence-electron chi connectivity index (χ0n) is 23.5. The summed E-state index contributed by atoms with van der Waals surface area (Å²) in [5.74, 6) is 0. The molecule has 1 nitrogen and oxygen atoms in total. The predicted molar refractivity (Wildman–Crippen MR) is 165 cm³/mol. The maximum atomic E-state index is 11.4. The summed E-state index contributed by atoms with van der Waals surface area (Å²) in [6, 6.07) is 12.0. The Morgan fingerprint density at radius 3 is 1.64 bits per heavy atom. The van der Waals surface area contributed by atoms with Gasteiger partial charge in [0.15, 0.2) is 0 Å². The largest absolute Gasteiger partial charge is 0.306 e. The van der Waals surface area contributed by atoms with Crippen LogP contribution in [0.1, 0.15) is 112 Å². The molecule has 0 bridgehead atoms. The van der Waals surface area contributed by atoms with Crippen LogP contribution in [0.25, 0.3) is 27.8 Å². The van der Waals surface area contributed by atoms with E-state index in [1.165, 1.54) is 43.2 Å². The first-order valence-corrected chi connectivity index (χ1v) is 12.9. The summed E-state index contributed by atoms with van der Waals surface area (Å²) in [6.45, 7) is 32.1. The molecule has 0 N–H and O–H groups in total. The van der Waals surface area contributed by atoms with Gasteiger partial charge in [-0.15, -0.1) is 6.58 Å². The molecular weight excluding hydrogens is 435 g/mol. The van der Waals surface area contributed by atoms with E-state index in [0.29, 0.717) is 0 Å². The quantitative estimate of drug-likeness (QED) is 0.272. The summed E-state index contributed by atoms with van der Waals surface area (Å²) in [5, 5.41) is 0. The van der Waals surface area contributed by atoms with Gasteiger partial charge in [0.2, 0.25) is 7.28 Å². The van der Waals surface area contributed by atoms with Gasteiger partial charge >= 0.3 is 0 Å². The first kappa shape index (κ1) is 30.9. The van der Waals surface area contributed by atoms with Crippen molar-refractivity contribution in [2.45, 2.75) is 73.6 Å². The Kier molecular flexibility index (Phi) is 13.0. The number of benzene rings is 2. The fourth-order valence-corrected chi connectivity index (χ4v) is 3.82. The molecule has 0 fully saturated rings. The highest BCUT2D eigenvalue weighted by Crippen LogP contribution is 2.28. The molecular formula is C34H44BO. The van der Waals surface area contributed by atoms with Gasteiger partial charge in [-0.3, -0.25) is 0 Å². The van der Waals surface area contributed by atoms with E-state index >= 15 is 0 Å². The standard InChI is InChI=1S/C15H18.C12H10BO.C7H16/c1-10(2)13-7-8-14(11(3)4)15(9-13)12(5)6;1-7(2)9-4-5-10-11(6-9)8(3)13-12(10)14;1-3-5-7-6-4-2/h7-9H,1,3,5H2,2,4,6H3;4-6H,1,3H2,2H3;3-7H2,1-2H3. The van der Waals surface area contributed by atoms with E-state index in [-0.39, 0.29) is 5.68 Å². The molecule has 189 valence electrons. The van der Waals surface area contributed by atoms with Crippen LogP contribution in [-0.4, -0.2) is 13.0 Å². The third kappa shape index (κ3) is 9.15. The zero-order chi connectivity index (χ0) is 27.4. The fraction of sp³-hybridized carbons (Fsp3) is 0.324. The SMILES string of the molecule is C=C(C)c1ccc(C(=C)C)c(C(=C)C)c1.C=C(C)c1ccc2c(c1)C(=C)[B]C2=O.CCCCCCC.